The highest BCUT2D eigenvalue weighted by molar-refractivity contribution is 5.94. The van der Waals surface area contributed by atoms with Gasteiger partial charge >= 0.3 is 0 Å². The monoisotopic (exact) mass is 293 g/mol. The van der Waals surface area contributed by atoms with E-state index in [1.165, 1.54) is 0 Å². The van der Waals surface area contributed by atoms with E-state index in [2.05, 4.69) is 10.6 Å². The Labute approximate surface area is 128 Å². The minimum Gasteiger partial charge on any atom is -0.348 e. The first kappa shape index (κ1) is 15.3. The normalized spacial score (nSPS) is 9.59. The average molecular weight is 293 g/mol. The molecule has 2 N–H and O–H groups in total. The third kappa shape index (κ3) is 4.46. The zero-order valence-electron chi connectivity index (χ0n) is 11.9. The van der Waals surface area contributed by atoms with Crippen LogP contribution in [-0.4, -0.2) is 11.8 Å². The quantitative estimate of drug-likeness (QED) is 0.888. The lowest BCUT2D eigenvalue weighted by Crippen LogP contribution is -2.22. The molecule has 0 fully saturated rings. The van der Waals surface area contributed by atoms with Crippen LogP contribution in [0.4, 0.5) is 5.69 Å². The molecule has 0 atom stereocenters. The van der Waals surface area contributed by atoms with E-state index in [1.54, 1.807) is 48.5 Å². The Morgan fingerprint density at radius 3 is 2.55 bits per heavy atom. The van der Waals surface area contributed by atoms with Crippen LogP contribution < -0.4 is 10.6 Å². The number of benzene rings is 2. The Morgan fingerprint density at radius 1 is 1.05 bits per heavy atom. The van der Waals surface area contributed by atoms with Gasteiger partial charge in [-0.3, -0.25) is 9.59 Å². The van der Waals surface area contributed by atoms with Gasteiger partial charge in [-0.15, -0.1) is 0 Å². The number of nitrogens with zero attached hydrogens (tertiary/aromatic N) is 1. The number of nitriles is 1. The van der Waals surface area contributed by atoms with Gasteiger partial charge in [0, 0.05) is 17.8 Å². The van der Waals surface area contributed by atoms with Crippen molar-refractivity contribution < 1.29 is 9.59 Å². The summed E-state index contributed by atoms with van der Waals surface area (Å²) in [6.07, 6.45) is -0.186. The molecular weight excluding hydrogens is 278 g/mol. The van der Waals surface area contributed by atoms with Gasteiger partial charge in [0.1, 0.15) is 6.42 Å². The van der Waals surface area contributed by atoms with Gasteiger partial charge in [0.2, 0.25) is 5.91 Å². The molecule has 0 saturated carbocycles. The van der Waals surface area contributed by atoms with E-state index in [4.69, 9.17) is 5.26 Å². The van der Waals surface area contributed by atoms with Crippen LogP contribution in [0.5, 0.6) is 0 Å². The number of amides is 2. The molecule has 5 nitrogen and oxygen atoms in total. The zero-order valence-corrected chi connectivity index (χ0v) is 11.9. The Kier molecular flexibility index (Phi) is 5.27. The smallest absolute Gasteiger partial charge is 0.251 e. The fourth-order valence-electron chi connectivity index (χ4n) is 1.91. The summed E-state index contributed by atoms with van der Waals surface area (Å²) in [5.41, 5.74) is 2.06. The summed E-state index contributed by atoms with van der Waals surface area (Å²) >= 11 is 0. The molecule has 2 aromatic carbocycles. The highest BCUT2D eigenvalue weighted by Gasteiger charge is 2.05. The Balaban J connectivity index is 1.95. The SMILES string of the molecule is N#CCC(=O)Nc1cccc(CNC(=O)c2ccccc2)c1. The van der Waals surface area contributed by atoms with Crippen molar-refractivity contribution in [3.63, 3.8) is 0 Å². The van der Waals surface area contributed by atoms with Gasteiger partial charge in [-0.1, -0.05) is 30.3 Å². The number of carbonyl (C=O) groups is 2. The molecule has 0 aliphatic carbocycles. The summed E-state index contributed by atoms with van der Waals surface area (Å²) in [5, 5.41) is 13.9. The third-order valence-electron chi connectivity index (χ3n) is 2.94. The van der Waals surface area contributed by atoms with Gasteiger partial charge in [-0.05, 0) is 29.8 Å². The van der Waals surface area contributed by atoms with Gasteiger partial charge in [0.05, 0.1) is 6.07 Å². The standard InChI is InChI=1S/C17H15N3O2/c18-10-9-16(21)20-15-8-4-5-13(11-15)12-19-17(22)14-6-2-1-3-7-14/h1-8,11H,9,12H2,(H,19,22)(H,20,21). The van der Waals surface area contributed by atoms with Crippen molar-refractivity contribution in [1.82, 2.24) is 5.32 Å². The highest BCUT2D eigenvalue weighted by atomic mass is 16.2. The topological polar surface area (TPSA) is 82.0 Å². The second-order valence-corrected chi connectivity index (χ2v) is 4.63. The van der Waals surface area contributed by atoms with E-state index in [0.29, 0.717) is 17.8 Å². The molecule has 0 unspecified atom stereocenters. The van der Waals surface area contributed by atoms with E-state index in [-0.39, 0.29) is 18.2 Å². The van der Waals surface area contributed by atoms with Gasteiger partial charge in [-0.2, -0.15) is 5.26 Å². The van der Waals surface area contributed by atoms with Crippen LogP contribution in [0, 0.1) is 11.3 Å². The molecule has 0 saturated heterocycles. The summed E-state index contributed by atoms with van der Waals surface area (Å²) < 4.78 is 0. The molecule has 5 heteroatoms. The van der Waals surface area contributed by atoms with Crippen molar-refractivity contribution in [1.29, 1.82) is 5.26 Å². The van der Waals surface area contributed by atoms with Gasteiger partial charge in [-0.25, -0.2) is 0 Å². The molecule has 0 aromatic heterocycles. The first-order valence-electron chi connectivity index (χ1n) is 6.78. The van der Waals surface area contributed by atoms with Crippen molar-refractivity contribution in [3.05, 3.63) is 65.7 Å². The summed E-state index contributed by atoms with van der Waals surface area (Å²) in [7, 11) is 0. The number of rotatable bonds is 5. The van der Waals surface area contributed by atoms with Crippen LogP contribution in [0.2, 0.25) is 0 Å². The maximum absolute atomic E-state index is 11.9. The molecule has 0 heterocycles. The molecule has 2 rings (SSSR count). The van der Waals surface area contributed by atoms with Crippen LogP contribution in [0.25, 0.3) is 0 Å². The predicted octanol–water partition coefficient (Wildman–Crippen LogP) is 2.47. The summed E-state index contributed by atoms with van der Waals surface area (Å²) in [6, 6.07) is 17.9. The number of carbonyl (C=O) groups excluding carboxylic acids is 2. The maximum atomic E-state index is 11.9. The molecule has 22 heavy (non-hydrogen) atoms. The van der Waals surface area contributed by atoms with E-state index in [1.807, 2.05) is 12.1 Å². The molecule has 0 aliphatic rings. The van der Waals surface area contributed by atoms with E-state index >= 15 is 0 Å². The number of nitrogens with one attached hydrogen (secondary N) is 2. The largest absolute Gasteiger partial charge is 0.348 e. The molecule has 2 amide bonds. The lowest BCUT2D eigenvalue weighted by Gasteiger charge is -2.08. The van der Waals surface area contributed by atoms with Crippen molar-refractivity contribution in [2.45, 2.75) is 13.0 Å². The minimum atomic E-state index is -0.354. The van der Waals surface area contributed by atoms with Gasteiger partial charge < -0.3 is 10.6 Å². The van der Waals surface area contributed by atoms with Crippen molar-refractivity contribution >= 4 is 17.5 Å². The molecule has 0 radical (unpaired) electrons. The van der Waals surface area contributed by atoms with Gasteiger partial charge in [0.25, 0.3) is 5.91 Å². The lowest BCUT2D eigenvalue weighted by atomic mass is 10.1. The van der Waals surface area contributed by atoms with E-state index in [0.717, 1.165) is 5.56 Å². The fraction of sp³-hybridized carbons (Fsp3) is 0.118. The van der Waals surface area contributed by atoms with Crippen LogP contribution in [0.3, 0.4) is 0 Å². The maximum Gasteiger partial charge on any atom is 0.251 e. The molecular formula is C17H15N3O2. The van der Waals surface area contributed by atoms with Crippen LogP contribution >= 0.6 is 0 Å². The van der Waals surface area contributed by atoms with Crippen molar-refractivity contribution in [3.8, 4) is 6.07 Å². The van der Waals surface area contributed by atoms with E-state index in [9.17, 15) is 9.59 Å². The zero-order chi connectivity index (χ0) is 15.8. The highest BCUT2D eigenvalue weighted by Crippen LogP contribution is 2.11. The number of hydrogen-bond donors (Lipinski definition) is 2. The number of hydrogen-bond acceptors (Lipinski definition) is 3. The summed E-state index contributed by atoms with van der Waals surface area (Å²) in [5.74, 6) is -0.507. The first-order chi connectivity index (χ1) is 10.7. The van der Waals surface area contributed by atoms with Crippen molar-refractivity contribution in [2.24, 2.45) is 0 Å². The van der Waals surface area contributed by atoms with Crippen LogP contribution in [0.1, 0.15) is 22.3 Å². The summed E-state index contributed by atoms with van der Waals surface area (Å²) in [6.45, 7) is 0.357. The fourth-order valence-corrected chi connectivity index (χ4v) is 1.91. The molecule has 110 valence electrons. The Hall–Kier alpha value is -3.13. The van der Waals surface area contributed by atoms with E-state index < -0.39 is 0 Å². The van der Waals surface area contributed by atoms with Gasteiger partial charge in [0.15, 0.2) is 0 Å². The predicted molar refractivity (Wildman–Crippen MR) is 82.9 cm³/mol. The van der Waals surface area contributed by atoms with Crippen LogP contribution in [-0.2, 0) is 11.3 Å². The summed E-state index contributed by atoms with van der Waals surface area (Å²) in [4.78, 5) is 23.3. The second kappa shape index (κ2) is 7.60. The minimum absolute atomic E-state index is 0.153. The average Bonchev–Trinajstić information content (AvgIpc) is 2.54. The molecule has 0 bridgehead atoms. The second-order valence-electron chi connectivity index (χ2n) is 4.63. The molecule has 0 spiro atoms. The number of anilines is 1. The molecule has 0 aliphatic heterocycles. The van der Waals surface area contributed by atoms with Crippen molar-refractivity contribution in [2.75, 3.05) is 5.32 Å². The lowest BCUT2D eigenvalue weighted by molar-refractivity contribution is -0.115. The Morgan fingerprint density at radius 2 is 1.82 bits per heavy atom. The first-order valence-corrected chi connectivity index (χ1v) is 6.78. The van der Waals surface area contributed by atoms with Crippen LogP contribution in [0.15, 0.2) is 54.6 Å². The third-order valence-corrected chi connectivity index (χ3v) is 2.94. The molecule has 2 aromatic rings. The Bertz CT molecular complexity index is 705.